The number of aliphatic hydroxyl groups excluding tert-OH is 1. The highest BCUT2D eigenvalue weighted by molar-refractivity contribution is 5.94. The maximum atomic E-state index is 13.0. The fourth-order valence-corrected chi connectivity index (χ4v) is 3.34. The number of pyridine rings is 1. The normalized spacial score (nSPS) is 12.1. The summed E-state index contributed by atoms with van der Waals surface area (Å²) in [4.78, 5) is 16.9. The molecule has 1 unspecified atom stereocenters. The number of methoxy groups -OCH3 is 1. The number of amides is 1. The zero-order valence-electron chi connectivity index (χ0n) is 20.0. The van der Waals surface area contributed by atoms with E-state index in [1.165, 1.54) is 25.3 Å². The molecule has 0 saturated carbocycles. The summed E-state index contributed by atoms with van der Waals surface area (Å²) in [5.74, 6) is 0.396. The van der Waals surface area contributed by atoms with Crippen molar-refractivity contribution >= 4 is 28.5 Å². The minimum Gasteiger partial charge on any atom is -0.457 e. The molecule has 1 amide bonds. The van der Waals surface area contributed by atoms with E-state index >= 15 is 0 Å². The summed E-state index contributed by atoms with van der Waals surface area (Å²) in [6.07, 6.45) is -6.63. The lowest BCUT2D eigenvalue weighted by atomic mass is 10.2. The first-order valence-corrected chi connectivity index (χ1v) is 11.2. The van der Waals surface area contributed by atoms with E-state index in [1.54, 1.807) is 30.3 Å². The summed E-state index contributed by atoms with van der Waals surface area (Å²) in [6, 6.07) is 19.9. The molecular weight excluding hydrogens is 505 g/mol. The molecule has 0 bridgehead atoms. The van der Waals surface area contributed by atoms with Crippen LogP contribution in [0.2, 0.25) is 0 Å². The van der Waals surface area contributed by atoms with Gasteiger partial charge in [0.2, 0.25) is 6.41 Å². The number of halogens is 3. The zero-order valence-corrected chi connectivity index (χ0v) is 20.0. The van der Waals surface area contributed by atoms with Crippen LogP contribution in [-0.4, -0.2) is 29.7 Å². The number of alkyl halides is 3. The lowest BCUT2D eigenvalue weighted by molar-refractivity contribution is -0.137. The van der Waals surface area contributed by atoms with Gasteiger partial charge in [0.25, 0.3) is 0 Å². The lowest BCUT2D eigenvalue weighted by Crippen LogP contribution is -2.35. The number of rotatable bonds is 9. The van der Waals surface area contributed by atoms with Crippen LogP contribution < -0.4 is 20.9 Å². The van der Waals surface area contributed by atoms with Gasteiger partial charge in [-0.05, 0) is 48.0 Å². The summed E-state index contributed by atoms with van der Waals surface area (Å²) in [5.41, 5.74) is 5.72. The second kappa shape index (κ2) is 11.8. The van der Waals surface area contributed by atoms with Crippen molar-refractivity contribution in [1.82, 2.24) is 10.4 Å². The van der Waals surface area contributed by atoms with Crippen LogP contribution in [-0.2, 0) is 22.3 Å². The number of nitrogens with zero attached hydrogens (tertiary/aromatic N) is 1. The molecule has 0 spiro atoms. The van der Waals surface area contributed by atoms with Gasteiger partial charge in [-0.1, -0.05) is 36.4 Å². The van der Waals surface area contributed by atoms with E-state index in [1.807, 2.05) is 18.2 Å². The molecule has 4 aromatic rings. The van der Waals surface area contributed by atoms with Gasteiger partial charge in [0.05, 0.1) is 16.8 Å². The number of carbonyl (C=O) groups is 1. The second-order valence-corrected chi connectivity index (χ2v) is 7.91. The molecule has 0 aliphatic carbocycles. The molecule has 1 atom stereocenters. The van der Waals surface area contributed by atoms with Gasteiger partial charge in [0.1, 0.15) is 18.1 Å². The van der Waals surface area contributed by atoms with Gasteiger partial charge in [-0.25, -0.2) is 9.78 Å². The van der Waals surface area contributed by atoms with Crippen LogP contribution in [0.5, 0.6) is 11.5 Å². The lowest BCUT2D eigenvalue weighted by Gasteiger charge is -2.17. The minimum absolute atomic E-state index is 0.00557. The average Bonchev–Trinajstić information content (AvgIpc) is 2.91. The Kier molecular flexibility index (Phi) is 8.26. The highest BCUT2D eigenvalue weighted by atomic mass is 19.4. The van der Waals surface area contributed by atoms with E-state index in [-0.39, 0.29) is 29.6 Å². The van der Waals surface area contributed by atoms with E-state index in [0.29, 0.717) is 10.9 Å². The van der Waals surface area contributed by atoms with Crippen molar-refractivity contribution < 1.29 is 37.3 Å². The average molecular weight is 528 g/mol. The van der Waals surface area contributed by atoms with Crippen LogP contribution in [0, 0.1) is 0 Å². The van der Waals surface area contributed by atoms with Crippen LogP contribution in [0.3, 0.4) is 0 Å². The number of carbonyl (C=O) groups excluding carboxylic acids is 1. The molecule has 38 heavy (non-hydrogen) atoms. The van der Waals surface area contributed by atoms with Crippen LogP contribution >= 0.6 is 0 Å². The number of nitrogens with one attached hydrogen (secondary N) is 3. The molecule has 3 aromatic carbocycles. The van der Waals surface area contributed by atoms with Crippen LogP contribution in [0.25, 0.3) is 10.9 Å². The standard InChI is InChI=1S/C26H23F3N4O5/c1-36-25(35)33-32-23-22(31-24(34)37-15-16-6-3-2-4-7-16)13-17-12-20(10-11-21(17)30-23)38-19-9-5-8-18(14-19)26(27,28)29/h2-14,25,33,35H,15H2,1H3,(H,30,32)(H,31,34). The number of aliphatic hydroxyl groups is 1. The Morgan fingerprint density at radius 2 is 1.76 bits per heavy atom. The predicted octanol–water partition coefficient (Wildman–Crippen LogP) is 5.63. The summed E-state index contributed by atoms with van der Waals surface area (Å²) >= 11 is 0. The number of hydrogen-bond acceptors (Lipinski definition) is 8. The van der Waals surface area contributed by atoms with Gasteiger partial charge in [-0.3, -0.25) is 10.7 Å². The molecule has 4 rings (SSSR count). The van der Waals surface area contributed by atoms with Crippen molar-refractivity contribution in [3.8, 4) is 11.5 Å². The topological polar surface area (TPSA) is 114 Å². The predicted molar refractivity (Wildman–Crippen MR) is 133 cm³/mol. The quantitative estimate of drug-likeness (QED) is 0.163. The largest absolute Gasteiger partial charge is 0.457 e. The number of ether oxygens (including phenoxy) is 3. The number of hydrogen-bond donors (Lipinski definition) is 4. The van der Waals surface area contributed by atoms with Gasteiger partial charge in [0, 0.05) is 12.5 Å². The first kappa shape index (κ1) is 26.7. The Hall–Kier alpha value is -4.39. The smallest absolute Gasteiger partial charge is 0.416 e. The van der Waals surface area contributed by atoms with Crippen molar-refractivity contribution in [2.75, 3.05) is 17.9 Å². The van der Waals surface area contributed by atoms with Gasteiger partial charge in [-0.15, -0.1) is 0 Å². The summed E-state index contributed by atoms with van der Waals surface area (Å²) in [6.45, 7) is 0.0338. The van der Waals surface area contributed by atoms with E-state index in [4.69, 9.17) is 14.2 Å². The maximum Gasteiger partial charge on any atom is 0.416 e. The van der Waals surface area contributed by atoms with E-state index in [2.05, 4.69) is 21.2 Å². The Balaban J connectivity index is 1.58. The molecule has 198 valence electrons. The molecule has 0 saturated heterocycles. The third-order valence-corrected chi connectivity index (χ3v) is 5.17. The van der Waals surface area contributed by atoms with E-state index < -0.39 is 24.2 Å². The molecule has 0 aliphatic heterocycles. The molecule has 12 heteroatoms. The first-order valence-electron chi connectivity index (χ1n) is 11.2. The monoisotopic (exact) mass is 528 g/mol. The van der Waals surface area contributed by atoms with Gasteiger partial charge in [-0.2, -0.15) is 18.6 Å². The third kappa shape index (κ3) is 7.09. The van der Waals surface area contributed by atoms with Crippen LogP contribution in [0.4, 0.5) is 29.5 Å². The van der Waals surface area contributed by atoms with Gasteiger partial charge >= 0.3 is 12.3 Å². The molecule has 1 aromatic heterocycles. The summed E-state index contributed by atoms with van der Waals surface area (Å²) in [5, 5.41) is 12.7. The number of anilines is 2. The number of hydrazine groups is 1. The molecule has 0 fully saturated rings. The zero-order chi connectivity index (χ0) is 27.1. The Morgan fingerprint density at radius 1 is 1.00 bits per heavy atom. The fourth-order valence-electron chi connectivity index (χ4n) is 3.34. The van der Waals surface area contributed by atoms with Crippen molar-refractivity contribution in [3.05, 3.63) is 90.0 Å². The van der Waals surface area contributed by atoms with E-state index in [0.717, 1.165) is 17.7 Å². The Labute approximate surface area is 215 Å². The van der Waals surface area contributed by atoms with Gasteiger partial charge in [0.15, 0.2) is 5.82 Å². The minimum atomic E-state index is -4.50. The fraction of sp³-hybridized carbons (Fsp3) is 0.154. The summed E-state index contributed by atoms with van der Waals surface area (Å²) in [7, 11) is 1.28. The summed E-state index contributed by atoms with van der Waals surface area (Å²) < 4.78 is 54.8. The molecule has 0 radical (unpaired) electrons. The Bertz CT molecular complexity index is 1400. The molecule has 4 N–H and O–H groups in total. The Morgan fingerprint density at radius 3 is 2.50 bits per heavy atom. The van der Waals surface area contributed by atoms with E-state index in [9.17, 15) is 23.1 Å². The highest BCUT2D eigenvalue weighted by Crippen LogP contribution is 2.34. The second-order valence-electron chi connectivity index (χ2n) is 7.91. The van der Waals surface area contributed by atoms with Crippen LogP contribution in [0.1, 0.15) is 11.1 Å². The first-order chi connectivity index (χ1) is 18.2. The molecule has 0 aliphatic rings. The number of aromatic nitrogens is 1. The molecule has 1 heterocycles. The highest BCUT2D eigenvalue weighted by Gasteiger charge is 2.30. The van der Waals surface area contributed by atoms with Gasteiger partial charge < -0.3 is 19.3 Å². The van der Waals surface area contributed by atoms with Crippen molar-refractivity contribution in [2.24, 2.45) is 0 Å². The van der Waals surface area contributed by atoms with Crippen molar-refractivity contribution in [3.63, 3.8) is 0 Å². The maximum absolute atomic E-state index is 13.0. The van der Waals surface area contributed by atoms with Crippen molar-refractivity contribution in [1.29, 1.82) is 0 Å². The molecule has 9 nitrogen and oxygen atoms in total. The van der Waals surface area contributed by atoms with Crippen molar-refractivity contribution in [2.45, 2.75) is 19.2 Å². The van der Waals surface area contributed by atoms with Crippen LogP contribution in [0.15, 0.2) is 78.9 Å². The molecular formula is C26H23F3N4O5. The third-order valence-electron chi connectivity index (χ3n) is 5.17. The number of fused-ring (bicyclic) bond motifs is 1. The number of benzene rings is 3. The SMILES string of the molecule is COC(O)NNc1nc2ccc(Oc3cccc(C(F)(F)F)c3)cc2cc1NC(=O)OCc1ccccc1.